The molecule has 0 saturated carbocycles. The molecule has 0 saturated heterocycles. The number of hydrogen-bond donors (Lipinski definition) is 1. The molecule has 0 aliphatic rings. The maximum absolute atomic E-state index is 11.0. The minimum atomic E-state index is -0.770. The first-order valence-corrected chi connectivity index (χ1v) is 7.57. The summed E-state index contributed by atoms with van der Waals surface area (Å²) in [6.07, 6.45) is 0. The van der Waals surface area contributed by atoms with Crippen molar-refractivity contribution in [3.05, 3.63) is 57.9 Å². The molecule has 0 unspecified atom stereocenters. The lowest BCUT2D eigenvalue weighted by atomic mass is 10.2. The third kappa shape index (κ3) is 3.52. The molecule has 1 amide bonds. The highest BCUT2D eigenvalue weighted by molar-refractivity contribution is 9.10. The molecule has 0 bridgehead atoms. The van der Waals surface area contributed by atoms with Crippen LogP contribution in [0.3, 0.4) is 0 Å². The van der Waals surface area contributed by atoms with E-state index >= 15 is 0 Å². The van der Waals surface area contributed by atoms with E-state index in [0.717, 1.165) is 4.47 Å². The van der Waals surface area contributed by atoms with Gasteiger partial charge in [0.1, 0.15) is 11.5 Å². The highest BCUT2D eigenvalue weighted by atomic mass is 79.9. The number of rotatable bonds is 4. The van der Waals surface area contributed by atoms with Crippen molar-refractivity contribution < 1.29 is 14.1 Å². The van der Waals surface area contributed by atoms with Gasteiger partial charge < -0.3 is 15.0 Å². The minimum absolute atomic E-state index is 0.235. The first-order valence-electron chi connectivity index (χ1n) is 6.40. The fraction of sp³-hybridized carbons (Fsp3) is 0. The molecule has 2 N–H and O–H groups in total. The van der Waals surface area contributed by atoms with Gasteiger partial charge in [0.25, 0.3) is 0 Å². The number of halogens is 2. The predicted molar refractivity (Wildman–Crippen MR) is 87.5 cm³/mol. The van der Waals surface area contributed by atoms with E-state index in [1.165, 1.54) is 0 Å². The Kier molecular flexibility index (Phi) is 4.31. The second kappa shape index (κ2) is 6.39. The van der Waals surface area contributed by atoms with E-state index in [9.17, 15) is 4.79 Å². The van der Waals surface area contributed by atoms with E-state index in [2.05, 4.69) is 26.1 Å². The van der Waals surface area contributed by atoms with Crippen molar-refractivity contribution in [3.8, 4) is 22.9 Å². The van der Waals surface area contributed by atoms with Gasteiger partial charge in [0.05, 0.1) is 5.02 Å². The number of nitrogens with two attached hydrogens (primary N) is 1. The van der Waals surface area contributed by atoms with Crippen molar-refractivity contribution in [1.29, 1.82) is 0 Å². The van der Waals surface area contributed by atoms with Gasteiger partial charge in [-0.2, -0.15) is 4.98 Å². The zero-order valence-corrected chi connectivity index (χ0v) is 13.8. The van der Waals surface area contributed by atoms with Crippen LogP contribution in [0.1, 0.15) is 10.7 Å². The van der Waals surface area contributed by atoms with Gasteiger partial charge in [-0.25, -0.2) is 0 Å². The summed E-state index contributed by atoms with van der Waals surface area (Å²) in [5.41, 5.74) is 5.73. The average molecular weight is 395 g/mol. The highest BCUT2D eigenvalue weighted by Gasteiger charge is 2.13. The van der Waals surface area contributed by atoms with Gasteiger partial charge in [0, 0.05) is 10.0 Å². The van der Waals surface area contributed by atoms with Crippen molar-refractivity contribution in [2.24, 2.45) is 5.73 Å². The number of primary amides is 1. The van der Waals surface area contributed by atoms with Crippen LogP contribution in [0.15, 0.2) is 51.5 Å². The van der Waals surface area contributed by atoms with Crippen molar-refractivity contribution in [1.82, 2.24) is 10.1 Å². The van der Waals surface area contributed by atoms with E-state index in [1.807, 2.05) is 6.07 Å². The van der Waals surface area contributed by atoms with Crippen LogP contribution in [-0.4, -0.2) is 16.0 Å². The Bertz CT molecular complexity index is 865. The molecule has 0 aliphatic carbocycles. The number of carbonyl (C=O) groups excluding carboxylic acids is 1. The summed E-state index contributed by atoms with van der Waals surface area (Å²) in [7, 11) is 0. The molecular formula is C15H9BrClN3O3. The molecular weight excluding hydrogens is 386 g/mol. The van der Waals surface area contributed by atoms with Gasteiger partial charge in [-0.15, -0.1) is 0 Å². The smallest absolute Gasteiger partial charge is 0.316 e. The number of hydrogen-bond acceptors (Lipinski definition) is 5. The molecule has 23 heavy (non-hydrogen) atoms. The van der Waals surface area contributed by atoms with E-state index in [1.54, 1.807) is 36.4 Å². The molecule has 1 aromatic heterocycles. The van der Waals surface area contributed by atoms with Crippen LogP contribution < -0.4 is 10.5 Å². The molecule has 0 fully saturated rings. The van der Waals surface area contributed by atoms with Crippen LogP contribution in [0.2, 0.25) is 5.02 Å². The van der Waals surface area contributed by atoms with Gasteiger partial charge in [-0.1, -0.05) is 32.7 Å². The molecule has 0 spiro atoms. The third-order valence-electron chi connectivity index (χ3n) is 2.87. The zero-order chi connectivity index (χ0) is 16.4. The summed E-state index contributed by atoms with van der Waals surface area (Å²) < 4.78 is 11.3. The second-order valence-corrected chi connectivity index (χ2v) is 5.81. The summed E-state index contributed by atoms with van der Waals surface area (Å²) in [4.78, 5) is 14.9. The van der Waals surface area contributed by atoms with Crippen molar-refractivity contribution in [2.75, 3.05) is 0 Å². The SMILES string of the molecule is NC(=O)c1nc(-c2ccc(Oc3cc(Br)ccc3Cl)cc2)no1. The Morgan fingerprint density at radius 1 is 1.22 bits per heavy atom. The molecule has 6 nitrogen and oxygen atoms in total. The molecule has 0 radical (unpaired) electrons. The Balaban J connectivity index is 1.81. The summed E-state index contributed by atoms with van der Waals surface area (Å²) >= 11 is 9.45. The van der Waals surface area contributed by atoms with Gasteiger partial charge in [-0.05, 0) is 42.5 Å². The van der Waals surface area contributed by atoms with Crippen LogP contribution in [0.4, 0.5) is 0 Å². The lowest BCUT2D eigenvalue weighted by molar-refractivity contribution is 0.0958. The van der Waals surface area contributed by atoms with Crippen LogP contribution in [0.5, 0.6) is 11.5 Å². The van der Waals surface area contributed by atoms with E-state index in [-0.39, 0.29) is 11.7 Å². The molecule has 1 heterocycles. The lowest BCUT2D eigenvalue weighted by Gasteiger charge is -2.08. The van der Waals surface area contributed by atoms with Crippen LogP contribution in [0.25, 0.3) is 11.4 Å². The normalized spacial score (nSPS) is 10.5. The summed E-state index contributed by atoms with van der Waals surface area (Å²) in [5, 5.41) is 4.19. The molecule has 3 aromatic rings. The molecule has 8 heteroatoms. The number of nitrogens with zero attached hydrogens (tertiary/aromatic N) is 2. The highest BCUT2D eigenvalue weighted by Crippen LogP contribution is 2.32. The van der Waals surface area contributed by atoms with E-state index < -0.39 is 5.91 Å². The van der Waals surface area contributed by atoms with Gasteiger partial charge in [0.15, 0.2) is 0 Å². The third-order valence-corrected chi connectivity index (χ3v) is 3.68. The number of benzene rings is 2. The summed E-state index contributed by atoms with van der Waals surface area (Å²) in [6.45, 7) is 0. The Morgan fingerprint density at radius 2 is 1.96 bits per heavy atom. The van der Waals surface area contributed by atoms with Gasteiger partial charge in [0.2, 0.25) is 5.82 Å². The first-order chi connectivity index (χ1) is 11.0. The first kappa shape index (κ1) is 15.5. The largest absolute Gasteiger partial charge is 0.456 e. The van der Waals surface area contributed by atoms with Crippen molar-refractivity contribution in [2.45, 2.75) is 0 Å². The molecule has 116 valence electrons. The number of ether oxygens (including phenoxy) is 1. The zero-order valence-electron chi connectivity index (χ0n) is 11.5. The standard InChI is InChI=1S/C15H9BrClN3O3/c16-9-3-6-11(17)12(7-9)22-10-4-1-8(2-5-10)14-19-15(13(18)21)23-20-14/h1-7H,(H2,18,21). The summed E-state index contributed by atoms with van der Waals surface area (Å²) in [6, 6.07) is 12.3. The quantitative estimate of drug-likeness (QED) is 0.721. The van der Waals surface area contributed by atoms with Crippen molar-refractivity contribution in [3.63, 3.8) is 0 Å². The molecule has 0 atom stereocenters. The van der Waals surface area contributed by atoms with Crippen LogP contribution in [0, 0.1) is 0 Å². The predicted octanol–water partition coefficient (Wildman–Crippen LogP) is 4.04. The molecule has 0 aliphatic heterocycles. The van der Waals surface area contributed by atoms with E-state index in [4.69, 9.17) is 26.6 Å². The number of carbonyl (C=O) groups is 1. The number of amides is 1. The second-order valence-electron chi connectivity index (χ2n) is 4.49. The average Bonchev–Trinajstić information content (AvgIpc) is 3.02. The fourth-order valence-electron chi connectivity index (χ4n) is 1.80. The van der Waals surface area contributed by atoms with Crippen LogP contribution in [-0.2, 0) is 0 Å². The maximum Gasteiger partial charge on any atom is 0.316 e. The molecule has 3 rings (SSSR count). The Labute approximate surface area is 144 Å². The van der Waals surface area contributed by atoms with Crippen molar-refractivity contribution >= 4 is 33.4 Å². The lowest BCUT2D eigenvalue weighted by Crippen LogP contribution is -2.10. The van der Waals surface area contributed by atoms with Crippen LogP contribution >= 0.6 is 27.5 Å². The number of aromatic nitrogens is 2. The Morgan fingerprint density at radius 3 is 2.61 bits per heavy atom. The molecule has 2 aromatic carbocycles. The monoisotopic (exact) mass is 393 g/mol. The summed E-state index contributed by atoms with van der Waals surface area (Å²) in [5.74, 6) is 0.386. The van der Waals surface area contributed by atoms with Gasteiger partial charge in [-0.3, -0.25) is 4.79 Å². The fourth-order valence-corrected chi connectivity index (χ4v) is 2.29. The topological polar surface area (TPSA) is 91.2 Å². The Hall–Kier alpha value is -2.38. The maximum atomic E-state index is 11.0. The minimum Gasteiger partial charge on any atom is -0.456 e. The van der Waals surface area contributed by atoms with Gasteiger partial charge >= 0.3 is 11.8 Å². The van der Waals surface area contributed by atoms with E-state index in [0.29, 0.717) is 22.1 Å².